The minimum absolute atomic E-state index is 0.0507. The lowest BCUT2D eigenvalue weighted by atomic mass is 9.98. The van der Waals surface area contributed by atoms with Gasteiger partial charge in [0.1, 0.15) is 11.6 Å². The van der Waals surface area contributed by atoms with E-state index in [0.29, 0.717) is 18.8 Å². The molecule has 0 spiro atoms. The number of rotatable bonds is 1. The zero-order chi connectivity index (χ0) is 11.7. The van der Waals surface area contributed by atoms with Crippen LogP contribution in [-0.4, -0.2) is 19.5 Å². The van der Waals surface area contributed by atoms with Crippen molar-refractivity contribution < 1.29 is 18.3 Å². The highest BCUT2D eigenvalue weighted by Crippen LogP contribution is 2.25. The van der Waals surface area contributed by atoms with Crippen LogP contribution in [0.5, 0.6) is 0 Å². The second kappa shape index (κ2) is 4.47. The van der Waals surface area contributed by atoms with Crippen LogP contribution >= 0.6 is 0 Å². The van der Waals surface area contributed by atoms with Crippen LogP contribution in [0.2, 0.25) is 0 Å². The van der Waals surface area contributed by atoms with Crippen molar-refractivity contribution >= 4 is 0 Å². The lowest BCUT2D eigenvalue weighted by Crippen LogP contribution is -2.28. The second-order valence-electron chi connectivity index (χ2n) is 4.04. The molecule has 1 heterocycles. The molecule has 1 aliphatic rings. The summed E-state index contributed by atoms with van der Waals surface area (Å²) in [5.74, 6) is -1.14. The van der Waals surface area contributed by atoms with Crippen LogP contribution in [0.4, 0.5) is 8.78 Å². The Balaban J connectivity index is 2.21. The third-order valence-corrected chi connectivity index (χ3v) is 2.84. The topological polar surface area (TPSA) is 18.5 Å². The van der Waals surface area contributed by atoms with Gasteiger partial charge in [0.25, 0.3) is 0 Å². The molecule has 0 saturated carbocycles. The number of halogens is 2. The predicted octanol–water partition coefficient (Wildman–Crippen LogP) is 2.75. The number of hydrogen-bond donors (Lipinski definition) is 0. The molecular formula is C12H14F2O2. The lowest BCUT2D eigenvalue weighted by molar-refractivity contribution is -0.176. The van der Waals surface area contributed by atoms with Gasteiger partial charge in [0.15, 0.2) is 6.29 Å². The van der Waals surface area contributed by atoms with Crippen LogP contribution in [0.15, 0.2) is 12.1 Å². The number of benzene rings is 1. The average molecular weight is 228 g/mol. The minimum Gasteiger partial charge on any atom is -0.352 e. The zero-order valence-electron chi connectivity index (χ0n) is 9.30. The van der Waals surface area contributed by atoms with Gasteiger partial charge in [-0.15, -0.1) is 0 Å². The van der Waals surface area contributed by atoms with Gasteiger partial charge in [-0.25, -0.2) is 8.78 Å². The Kier molecular flexibility index (Phi) is 3.21. The summed E-state index contributed by atoms with van der Waals surface area (Å²) in [5.41, 5.74) is 0.641. The van der Waals surface area contributed by atoms with Crippen molar-refractivity contribution in [3.8, 4) is 0 Å². The Morgan fingerprint density at radius 2 is 1.62 bits per heavy atom. The molecule has 1 aromatic rings. The fourth-order valence-electron chi connectivity index (χ4n) is 1.69. The molecule has 0 aromatic heterocycles. The van der Waals surface area contributed by atoms with E-state index in [1.807, 2.05) is 0 Å². The van der Waals surface area contributed by atoms with Crippen LogP contribution in [0.25, 0.3) is 0 Å². The summed E-state index contributed by atoms with van der Waals surface area (Å²) in [5, 5.41) is 0. The summed E-state index contributed by atoms with van der Waals surface area (Å²) in [6.45, 7) is 4.09. The molecule has 1 saturated heterocycles. The molecule has 2 rings (SSSR count). The van der Waals surface area contributed by atoms with E-state index in [9.17, 15) is 8.78 Å². The van der Waals surface area contributed by atoms with E-state index in [-0.39, 0.29) is 17.8 Å². The van der Waals surface area contributed by atoms with Crippen molar-refractivity contribution in [2.24, 2.45) is 0 Å². The molecule has 0 atom stereocenters. The molecule has 0 unspecified atom stereocenters. The molecule has 0 bridgehead atoms. The van der Waals surface area contributed by atoms with Gasteiger partial charge >= 0.3 is 0 Å². The normalized spacial score (nSPS) is 25.8. The SMILES string of the molecule is Cc1c(F)cc(C2COC(C)OC2)cc1F. The molecule has 1 fully saturated rings. The largest absolute Gasteiger partial charge is 0.352 e. The molecule has 16 heavy (non-hydrogen) atoms. The van der Waals surface area contributed by atoms with Crippen LogP contribution in [0, 0.1) is 18.6 Å². The maximum atomic E-state index is 13.4. The van der Waals surface area contributed by atoms with E-state index in [4.69, 9.17) is 9.47 Å². The molecule has 0 amide bonds. The first-order valence-corrected chi connectivity index (χ1v) is 5.26. The number of ether oxygens (including phenoxy) is 2. The highest BCUT2D eigenvalue weighted by atomic mass is 19.1. The lowest BCUT2D eigenvalue weighted by Gasteiger charge is -2.27. The summed E-state index contributed by atoms with van der Waals surface area (Å²) in [6.07, 6.45) is -0.239. The summed E-state index contributed by atoms with van der Waals surface area (Å²) < 4.78 is 37.3. The molecular weight excluding hydrogens is 214 g/mol. The molecule has 0 aliphatic carbocycles. The first kappa shape index (κ1) is 11.5. The Morgan fingerprint density at radius 1 is 1.12 bits per heavy atom. The molecule has 1 aliphatic heterocycles. The van der Waals surface area contributed by atoms with Gasteiger partial charge in [0.2, 0.25) is 0 Å². The Morgan fingerprint density at radius 3 is 2.12 bits per heavy atom. The fourth-order valence-corrected chi connectivity index (χ4v) is 1.69. The molecule has 4 heteroatoms. The van der Waals surface area contributed by atoms with Crippen molar-refractivity contribution in [3.63, 3.8) is 0 Å². The molecule has 2 nitrogen and oxygen atoms in total. The van der Waals surface area contributed by atoms with Gasteiger partial charge in [-0.3, -0.25) is 0 Å². The molecule has 0 radical (unpaired) electrons. The van der Waals surface area contributed by atoms with Gasteiger partial charge in [-0.2, -0.15) is 0 Å². The third-order valence-electron chi connectivity index (χ3n) is 2.84. The van der Waals surface area contributed by atoms with E-state index >= 15 is 0 Å². The van der Waals surface area contributed by atoms with Crippen LogP contribution in [0.1, 0.15) is 24.0 Å². The maximum absolute atomic E-state index is 13.4. The smallest absolute Gasteiger partial charge is 0.154 e. The fraction of sp³-hybridized carbons (Fsp3) is 0.500. The molecule has 1 aromatic carbocycles. The zero-order valence-corrected chi connectivity index (χ0v) is 9.30. The quantitative estimate of drug-likeness (QED) is 0.735. The number of hydrogen-bond acceptors (Lipinski definition) is 2. The highest BCUT2D eigenvalue weighted by Gasteiger charge is 2.22. The van der Waals surface area contributed by atoms with E-state index < -0.39 is 11.6 Å². The minimum atomic E-state index is -0.520. The molecule has 88 valence electrons. The second-order valence-corrected chi connectivity index (χ2v) is 4.04. The summed E-state index contributed by atoms with van der Waals surface area (Å²) in [7, 11) is 0. The van der Waals surface area contributed by atoms with Gasteiger partial charge in [0, 0.05) is 11.5 Å². The maximum Gasteiger partial charge on any atom is 0.154 e. The van der Waals surface area contributed by atoms with E-state index in [0.717, 1.165) is 0 Å². The van der Waals surface area contributed by atoms with Gasteiger partial charge in [-0.05, 0) is 31.5 Å². The third kappa shape index (κ3) is 2.23. The Labute approximate surface area is 93.2 Å². The van der Waals surface area contributed by atoms with Crippen molar-refractivity contribution in [1.29, 1.82) is 0 Å². The summed E-state index contributed by atoms with van der Waals surface area (Å²) in [4.78, 5) is 0. The monoisotopic (exact) mass is 228 g/mol. The highest BCUT2D eigenvalue weighted by molar-refractivity contribution is 5.28. The Bertz CT molecular complexity index is 362. The summed E-state index contributed by atoms with van der Waals surface area (Å²) in [6, 6.07) is 2.71. The first-order valence-electron chi connectivity index (χ1n) is 5.26. The van der Waals surface area contributed by atoms with Gasteiger partial charge < -0.3 is 9.47 Å². The van der Waals surface area contributed by atoms with Crippen molar-refractivity contribution in [2.45, 2.75) is 26.1 Å². The van der Waals surface area contributed by atoms with Crippen LogP contribution in [0.3, 0.4) is 0 Å². The predicted molar refractivity (Wildman–Crippen MR) is 55.2 cm³/mol. The average Bonchev–Trinajstić information content (AvgIpc) is 2.26. The van der Waals surface area contributed by atoms with Crippen LogP contribution in [-0.2, 0) is 9.47 Å². The van der Waals surface area contributed by atoms with Crippen molar-refractivity contribution in [3.05, 3.63) is 34.9 Å². The Hall–Kier alpha value is -1.00. The van der Waals surface area contributed by atoms with Crippen molar-refractivity contribution in [2.75, 3.05) is 13.2 Å². The van der Waals surface area contributed by atoms with E-state index in [1.54, 1.807) is 6.92 Å². The van der Waals surface area contributed by atoms with E-state index in [2.05, 4.69) is 0 Å². The van der Waals surface area contributed by atoms with Crippen molar-refractivity contribution in [1.82, 2.24) is 0 Å². The van der Waals surface area contributed by atoms with Gasteiger partial charge in [0.05, 0.1) is 13.2 Å². The van der Waals surface area contributed by atoms with Gasteiger partial charge in [-0.1, -0.05) is 0 Å². The first-order chi connectivity index (χ1) is 7.58. The standard InChI is InChI=1S/C12H14F2O2/c1-7-11(13)3-9(4-12(7)14)10-5-15-8(2)16-6-10/h3-4,8,10H,5-6H2,1-2H3. The van der Waals surface area contributed by atoms with Crippen LogP contribution < -0.4 is 0 Å². The molecule has 0 N–H and O–H groups in total. The van der Waals surface area contributed by atoms with E-state index in [1.165, 1.54) is 19.1 Å². The summed E-state index contributed by atoms with van der Waals surface area (Å²) >= 11 is 0.